The van der Waals surface area contributed by atoms with Crippen molar-refractivity contribution >= 4 is 33.1 Å². The van der Waals surface area contributed by atoms with E-state index in [1.807, 2.05) is 0 Å². The summed E-state index contributed by atoms with van der Waals surface area (Å²) in [7, 11) is -1.26. The number of fused-ring (bicyclic) bond motifs is 1. The maximum Gasteiger partial charge on any atom is 0.339 e. The van der Waals surface area contributed by atoms with Crippen molar-refractivity contribution in [2.24, 2.45) is 0 Å². The van der Waals surface area contributed by atoms with Crippen LogP contribution in [0, 0.1) is 0 Å². The van der Waals surface area contributed by atoms with Gasteiger partial charge < -0.3 is 4.74 Å². The zero-order chi connectivity index (χ0) is 17.1. The largest absolute Gasteiger partial charge is 0.456 e. The number of thiazole rings is 1. The lowest BCUT2D eigenvalue weighted by Gasteiger charge is -2.08. The van der Waals surface area contributed by atoms with Gasteiger partial charge in [0.05, 0.1) is 27.0 Å². The predicted octanol–water partition coefficient (Wildman–Crippen LogP) is 2.24. The second-order valence-electron chi connectivity index (χ2n) is 4.85. The van der Waals surface area contributed by atoms with E-state index in [1.54, 1.807) is 42.8 Å². The van der Waals surface area contributed by atoms with Crippen LogP contribution in [0.3, 0.4) is 0 Å². The van der Waals surface area contributed by atoms with Crippen LogP contribution in [0.25, 0.3) is 4.96 Å². The zero-order valence-corrected chi connectivity index (χ0v) is 14.4. The van der Waals surface area contributed by atoms with Crippen LogP contribution in [0.1, 0.15) is 23.0 Å². The van der Waals surface area contributed by atoms with Gasteiger partial charge in [0, 0.05) is 23.4 Å². The smallest absolute Gasteiger partial charge is 0.339 e. The molecule has 6 nitrogen and oxygen atoms in total. The number of hydrogen-bond donors (Lipinski definition) is 0. The van der Waals surface area contributed by atoms with Gasteiger partial charge >= 0.3 is 5.97 Å². The molecule has 0 N–H and O–H groups in total. The maximum absolute atomic E-state index is 12.3. The minimum atomic E-state index is -1.26. The quantitative estimate of drug-likeness (QED) is 0.651. The first-order valence-electron chi connectivity index (χ1n) is 7.20. The van der Waals surface area contributed by atoms with Gasteiger partial charge in [0.1, 0.15) is 6.61 Å². The first-order chi connectivity index (χ1) is 11.6. The highest BCUT2D eigenvalue weighted by Crippen LogP contribution is 2.16. The summed E-state index contributed by atoms with van der Waals surface area (Å²) in [6.07, 6.45) is 1.64. The Morgan fingerprint density at radius 3 is 2.96 bits per heavy atom. The van der Waals surface area contributed by atoms with Gasteiger partial charge in [-0.25, -0.2) is 9.78 Å². The normalized spacial score (nSPS) is 12.2. The van der Waals surface area contributed by atoms with Gasteiger partial charge in [0.25, 0.3) is 5.56 Å². The van der Waals surface area contributed by atoms with Crippen LogP contribution >= 0.6 is 11.3 Å². The van der Waals surface area contributed by atoms with Crippen LogP contribution in [-0.2, 0) is 22.1 Å². The van der Waals surface area contributed by atoms with Gasteiger partial charge in [-0.1, -0.05) is 19.1 Å². The number of hydrogen-bond acceptors (Lipinski definition) is 6. The van der Waals surface area contributed by atoms with Crippen LogP contribution in [-0.4, -0.2) is 25.3 Å². The van der Waals surface area contributed by atoms with Crippen LogP contribution in [0.2, 0.25) is 0 Å². The molecule has 1 atom stereocenters. The van der Waals surface area contributed by atoms with Gasteiger partial charge in [-0.2, -0.15) is 0 Å². The standard InChI is InChI=1S/C16H14N2O4S2/c1-2-24(21)13-6-4-3-5-12(13)15(20)22-10-11-9-14(19)18-7-8-23-16(18)17-11/h3-9H,2,10H2,1H3. The molecule has 0 aliphatic heterocycles. The Labute approximate surface area is 144 Å². The molecule has 24 heavy (non-hydrogen) atoms. The highest BCUT2D eigenvalue weighted by atomic mass is 32.2. The first kappa shape index (κ1) is 16.5. The molecular weight excluding hydrogens is 348 g/mol. The summed E-state index contributed by atoms with van der Waals surface area (Å²) in [5.74, 6) is -0.168. The van der Waals surface area contributed by atoms with Crippen molar-refractivity contribution in [2.75, 3.05) is 5.75 Å². The molecule has 0 spiro atoms. The summed E-state index contributed by atoms with van der Waals surface area (Å²) in [6, 6.07) is 7.99. The Kier molecular flexibility index (Phi) is 4.86. The Bertz CT molecular complexity index is 977. The van der Waals surface area contributed by atoms with Crippen molar-refractivity contribution in [1.29, 1.82) is 0 Å². The van der Waals surface area contributed by atoms with Crippen LogP contribution < -0.4 is 5.56 Å². The second-order valence-corrected chi connectivity index (χ2v) is 7.43. The molecule has 0 radical (unpaired) electrons. The van der Waals surface area contributed by atoms with Crippen LogP contribution in [0.5, 0.6) is 0 Å². The predicted molar refractivity (Wildman–Crippen MR) is 91.8 cm³/mol. The lowest BCUT2D eigenvalue weighted by Crippen LogP contribution is -2.15. The molecule has 1 unspecified atom stereocenters. The van der Waals surface area contributed by atoms with E-state index in [0.717, 1.165) is 0 Å². The van der Waals surface area contributed by atoms with E-state index in [9.17, 15) is 13.8 Å². The number of ether oxygens (including phenoxy) is 1. The minimum Gasteiger partial charge on any atom is -0.456 e. The molecule has 3 aromatic rings. The third-order valence-electron chi connectivity index (χ3n) is 3.32. The zero-order valence-electron chi connectivity index (χ0n) is 12.8. The molecule has 3 rings (SSSR count). The van der Waals surface area contributed by atoms with E-state index in [-0.39, 0.29) is 17.7 Å². The van der Waals surface area contributed by atoms with Crippen molar-refractivity contribution < 1.29 is 13.7 Å². The lowest BCUT2D eigenvalue weighted by atomic mass is 10.2. The summed E-state index contributed by atoms with van der Waals surface area (Å²) in [6.45, 7) is 1.67. The molecule has 0 fully saturated rings. The van der Waals surface area contributed by atoms with E-state index < -0.39 is 16.8 Å². The minimum absolute atomic E-state index is 0.116. The molecule has 1 aromatic carbocycles. The van der Waals surface area contributed by atoms with Crippen molar-refractivity contribution in [3.8, 4) is 0 Å². The molecule has 124 valence electrons. The Balaban J connectivity index is 1.80. The molecule has 8 heteroatoms. The summed E-state index contributed by atoms with van der Waals surface area (Å²) >= 11 is 1.33. The molecule has 0 bridgehead atoms. The molecule has 2 aromatic heterocycles. The van der Waals surface area contributed by atoms with E-state index in [0.29, 0.717) is 21.3 Å². The molecule has 0 amide bonds. The fraction of sp³-hybridized carbons (Fsp3) is 0.188. The van der Waals surface area contributed by atoms with Gasteiger partial charge in [-0.05, 0) is 12.1 Å². The topological polar surface area (TPSA) is 77.7 Å². The highest BCUT2D eigenvalue weighted by molar-refractivity contribution is 7.85. The molecule has 0 saturated heterocycles. The average molecular weight is 362 g/mol. The van der Waals surface area contributed by atoms with Crippen molar-refractivity contribution in [1.82, 2.24) is 9.38 Å². The Hall–Kier alpha value is -2.32. The monoisotopic (exact) mass is 362 g/mol. The van der Waals surface area contributed by atoms with Gasteiger partial charge in [0.2, 0.25) is 0 Å². The summed E-state index contributed by atoms with van der Waals surface area (Å²) in [4.78, 5) is 29.5. The maximum atomic E-state index is 12.3. The lowest BCUT2D eigenvalue weighted by molar-refractivity contribution is 0.0463. The van der Waals surface area contributed by atoms with Crippen molar-refractivity contribution in [3.05, 3.63) is 63.5 Å². The Morgan fingerprint density at radius 1 is 1.38 bits per heavy atom. The fourth-order valence-corrected chi connectivity index (χ4v) is 3.84. The third kappa shape index (κ3) is 3.29. The second kappa shape index (κ2) is 7.06. The Morgan fingerprint density at radius 2 is 2.17 bits per heavy atom. The highest BCUT2D eigenvalue weighted by Gasteiger charge is 2.16. The molecular formula is C16H14N2O4S2. The number of carbonyl (C=O) groups excluding carboxylic acids is 1. The van der Waals surface area contributed by atoms with Gasteiger partial charge in [-0.15, -0.1) is 11.3 Å². The summed E-state index contributed by atoms with van der Waals surface area (Å²) in [5.41, 5.74) is 0.427. The molecule has 0 aliphatic rings. The number of carbonyl (C=O) groups is 1. The summed E-state index contributed by atoms with van der Waals surface area (Å²) in [5, 5.41) is 1.76. The average Bonchev–Trinajstić information content (AvgIpc) is 3.08. The molecule has 0 saturated carbocycles. The molecule has 0 aliphatic carbocycles. The van der Waals surface area contributed by atoms with E-state index in [2.05, 4.69) is 4.98 Å². The fourth-order valence-electron chi connectivity index (χ4n) is 2.17. The SMILES string of the molecule is CCS(=O)c1ccccc1C(=O)OCc1cc(=O)n2ccsc2n1. The third-order valence-corrected chi connectivity index (χ3v) is 5.45. The van der Waals surface area contributed by atoms with Gasteiger partial charge in [0.15, 0.2) is 4.96 Å². The van der Waals surface area contributed by atoms with E-state index in [1.165, 1.54) is 21.8 Å². The van der Waals surface area contributed by atoms with Gasteiger partial charge in [-0.3, -0.25) is 13.4 Å². The number of aromatic nitrogens is 2. The van der Waals surface area contributed by atoms with Crippen molar-refractivity contribution in [2.45, 2.75) is 18.4 Å². The van der Waals surface area contributed by atoms with E-state index >= 15 is 0 Å². The van der Waals surface area contributed by atoms with Crippen LogP contribution in [0.15, 0.2) is 51.6 Å². The van der Waals surface area contributed by atoms with Crippen molar-refractivity contribution in [3.63, 3.8) is 0 Å². The molecule has 2 heterocycles. The number of esters is 1. The number of benzene rings is 1. The first-order valence-corrected chi connectivity index (χ1v) is 9.40. The van der Waals surface area contributed by atoms with Crippen LogP contribution in [0.4, 0.5) is 0 Å². The van der Waals surface area contributed by atoms with E-state index in [4.69, 9.17) is 4.74 Å². The summed E-state index contributed by atoms with van der Waals surface area (Å²) < 4.78 is 18.7. The number of rotatable bonds is 5. The number of nitrogens with zero attached hydrogens (tertiary/aromatic N) is 2.